The van der Waals surface area contributed by atoms with Crippen LogP contribution in [0.2, 0.25) is 0 Å². The van der Waals surface area contributed by atoms with Crippen molar-refractivity contribution in [2.45, 2.75) is 0 Å². The van der Waals surface area contributed by atoms with Crippen molar-refractivity contribution in [3.63, 3.8) is 0 Å². The van der Waals surface area contributed by atoms with E-state index in [1.165, 1.54) is 18.2 Å². The van der Waals surface area contributed by atoms with Crippen LogP contribution in [0.5, 0.6) is 0 Å². The standard InChI is InChI=1S/C3H3NOS.SSe/c5-3-1-4-6-2-3;1-2/h1H,2H2;. The third kappa shape index (κ3) is 3.43. The molecule has 44 valence electrons. The van der Waals surface area contributed by atoms with Gasteiger partial charge in [0.25, 0.3) is 0 Å². The summed E-state index contributed by atoms with van der Waals surface area (Å²) in [5, 5.41) is 0. The molecule has 1 aliphatic heterocycles. The third-order valence-corrected chi connectivity index (χ3v) is 1.15. The zero-order valence-corrected chi connectivity index (χ0v) is 7.21. The summed E-state index contributed by atoms with van der Waals surface area (Å²) in [6, 6.07) is 0. The van der Waals surface area contributed by atoms with E-state index in [1.54, 1.807) is 0 Å². The van der Waals surface area contributed by atoms with Gasteiger partial charge in [0.2, 0.25) is 0 Å². The molecule has 1 rings (SSSR count). The van der Waals surface area contributed by atoms with Crippen molar-refractivity contribution in [3.05, 3.63) is 0 Å². The Bertz CT molecular complexity index is 116. The summed E-state index contributed by atoms with van der Waals surface area (Å²) < 4.78 is 3.61. The van der Waals surface area contributed by atoms with E-state index in [4.69, 9.17) is 0 Å². The molecule has 0 amide bonds. The minimum absolute atomic E-state index is 0.125. The van der Waals surface area contributed by atoms with E-state index in [2.05, 4.69) is 29.3 Å². The van der Waals surface area contributed by atoms with Gasteiger partial charge < -0.3 is 0 Å². The maximum atomic E-state index is 10.1. The first-order valence-corrected chi connectivity index (χ1v) is 5.12. The minimum atomic E-state index is 0.125. The molecule has 0 aromatic carbocycles. The molecule has 0 atom stereocenters. The van der Waals surface area contributed by atoms with E-state index in [9.17, 15) is 4.79 Å². The topological polar surface area (TPSA) is 29.4 Å². The first-order chi connectivity index (χ1) is 3.89. The quantitative estimate of drug-likeness (QED) is 0.434. The van der Waals surface area contributed by atoms with Gasteiger partial charge in [0.05, 0.1) is 12.0 Å². The molecule has 0 unspecified atom stereocenters. The van der Waals surface area contributed by atoms with Crippen LogP contribution < -0.4 is 0 Å². The van der Waals surface area contributed by atoms with Crippen LogP contribution in [0.3, 0.4) is 0 Å². The van der Waals surface area contributed by atoms with Crippen LogP contribution in [0, 0.1) is 0 Å². The number of carbonyl (C=O) groups excluding carboxylic acids is 1. The molecule has 0 spiro atoms. The normalized spacial score (nSPS) is 15.2. The van der Waals surface area contributed by atoms with Crippen molar-refractivity contribution >= 4 is 48.9 Å². The predicted molar refractivity (Wildman–Crippen MR) is 39.3 cm³/mol. The molecule has 1 aliphatic rings. The zero-order chi connectivity index (χ0) is 6.41. The fourth-order valence-electron chi connectivity index (χ4n) is 0.234. The number of Topliss-reactive ketones (excluding diaryl/α,β-unsaturated/α-hetero) is 1. The van der Waals surface area contributed by atoms with Crippen molar-refractivity contribution in [2.24, 2.45) is 4.40 Å². The van der Waals surface area contributed by atoms with Crippen LogP contribution in [-0.2, 0) is 4.79 Å². The Labute approximate surface area is 63.9 Å². The monoisotopic (exact) mass is 213 g/mol. The van der Waals surface area contributed by atoms with Crippen molar-refractivity contribution in [2.75, 3.05) is 5.75 Å². The van der Waals surface area contributed by atoms with E-state index in [0.29, 0.717) is 5.75 Å². The fourth-order valence-corrected chi connectivity index (χ4v) is 0.703. The summed E-state index contributed by atoms with van der Waals surface area (Å²) in [6.07, 6.45) is 1.35. The summed E-state index contributed by atoms with van der Waals surface area (Å²) in [6.45, 7) is 0. The molecular weight excluding hydrogens is 209 g/mol. The average Bonchev–Trinajstić information content (AvgIpc) is 2.24. The van der Waals surface area contributed by atoms with Gasteiger partial charge in [-0.15, -0.1) is 0 Å². The van der Waals surface area contributed by atoms with Gasteiger partial charge in [-0.1, -0.05) is 0 Å². The van der Waals surface area contributed by atoms with Crippen LogP contribution in [-0.4, -0.2) is 32.1 Å². The van der Waals surface area contributed by atoms with Crippen molar-refractivity contribution in [3.8, 4) is 0 Å². The van der Waals surface area contributed by atoms with Crippen LogP contribution in [0.1, 0.15) is 0 Å². The molecule has 1 heterocycles. The van der Waals surface area contributed by atoms with E-state index < -0.39 is 0 Å². The molecule has 0 saturated carbocycles. The number of nitrogens with zero attached hydrogens (tertiary/aromatic N) is 1. The predicted octanol–water partition coefficient (Wildman–Crippen LogP) is 0.555. The van der Waals surface area contributed by atoms with E-state index in [0.717, 1.165) is 0 Å². The Kier molecular flexibility index (Phi) is 5.86. The number of hydrogen-bond acceptors (Lipinski definition) is 4. The van der Waals surface area contributed by atoms with Gasteiger partial charge in [0, 0.05) is 0 Å². The average molecular weight is 212 g/mol. The van der Waals surface area contributed by atoms with Gasteiger partial charge in [0.1, 0.15) is 0 Å². The summed E-state index contributed by atoms with van der Waals surface area (Å²) in [5.74, 6) is 0.667. The molecule has 0 aromatic heterocycles. The van der Waals surface area contributed by atoms with Gasteiger partial charge in [-0.2, -0.15) is 0 Å². The fraction of sp³-hybridized carbons (Fsp3) is 0.333. The number of carbonyl (C=O) groups is 1. The van der Waals surface area contributed by atoms with Crippen LogP contribution >= 0.6 is 22.5 Å². The first-order valence-electron chi connectivity index (χ1n) is 1.74. The molecule has 0 aromatic rings. The summed E-state index contributed by atoms with van der Waals surface area (Å²) in [7, 11) is 3.96. The van der Waals surface area contributed by atoms with Gasteiger partial charge in [-0.25, -0.2) is 4.40 Å². The van der Waals surface area contributed by atoms with Crippen molar-refractivity contribution < 1.29 is 4.79 Å². The van der Waals surface area contributed by atoms with Gasteiger partial charge >= 0.3 is 24.9 Å². The SMILES string of the molecule is O=C1C=NSC1.S=[Se]. The molecule has 0 fully saturated rings. The molecular formula is C3H3NOS2Se. The summed E-state index contributed by atoms with van der Waals surface area (Å²) in [5.41, 5.74) is 0. The molecule has 0 N–H and O–H groups in total. The van der Waals surface area contributed by atoms with E-state index in [1.807, 2.05) is 0 Å². The maximum absolute atomic E-state index is 10.1. The van der Waals surface area contributed by atoms with Crippen molar-refractivity contribution in [1.29, 1.82) is 0 Å². The first kappa shape index (κ1) is 8.43. The van der Waals surface area contributed by atoms with Crippen molar-refractivity contribution in [1.82, 2.24) is 0 Å². The zero-order valence-electron chi connectivity index (χ0n) is 3.86. The van der Waals surface area contributed by atoms with Crippen LogP contribution in [0.4, 0.5) is 0 Å². The molecule has 0 radical (unpaired) electrons. The Hall–Kier alpha value is 0.429. The van der Waals surface area contributed by atoms with Gasteiger partial charge in [-0.3, -0.25) is 4.79 Å². The second-order valence-corrected chi connectivity index (χ2v) is 1.73. The third-order valence-electron chi connectivity index (χ3n) is 0.478. The van der Waals surface area contributed by atoms with Gasteiger partial charge in [-0.05, 0) is 11.9 Å². The van der Waals surface area contributed by atoms with E-state index in [-0.39, 0.29) is 5.78 Å². The Morgan fingerprint density at radius 3 is 2.62 bits per heavy atom. The second kappa shape index (κ2) is 5.56. The second-order valence-electron chi connectivity index (χ2n) is 0.974. The Balaban J connectivity index is 0.000000222. The Morgan fingerprint density at radius 1 is 1.88 bits per heavy atom. The number of ketones is 1. The molecule has 0 saturated heterocycles. The molecule has 2 nitrogen and oxygen atoms in total. The Morgan fingerprint density at radius 2 is 2.50 bits per heavy atom. The number of rotatable bonds is 0. The number of hydrogen-bond donors (Lipinski definition) is 0. The molecule has 0 bridgehead atoms. The summed E-state index contributed by atoms with van der Waals surface area (Å²) >= 11 is 3.51. The van der Waals surface area contributed by atoms with E-state index >= 15 is 0 Å². The van der Waals surface area contributed by atoms with Crippen LogP contribution in [0.15, 0.2) is 4.40 Å². The molecule has 0 aliphatic carbocycles. The summed E-state index contributed by atoms with van der Waals surface area (Å²) in [4.78, 5) is 10.1. The molecule has 8 heavy (non-hydrogen) atoms. The molecule has 5 heteroatoms. The van der Waals surface area contributed by atoms with Gasteiger partial charge in [0.15, 0.2) is 5.78 Å². The van der Waals surface area contributed by atoms with Crippen LogP contribution in [0.25, 0.3) is 0 Å².